The lowest BCUT2D eigenvalue weighted by molar-refractivity contribution is 0.0697. The van der Waals surface area contributed by atoms with Crippen LogP contribution < -0.4 is 5.32 Å². The molecular formula is C11H16N4O2. The van der Waals surface area contributed by atoms with E-state index in [-0.39, 0.29) is 5.56 Å². The van der Waals surface area contributed by atoms with Gasteiger partial charge in [0.2, 0.25) is 0 Å². The molecule has 1 atom stereocenters. The number of nitrogens with one attached hydrogen (secondary N) is 1. The van der Waals surface area contributed by atoms with Gasteiger partial charge in [-0.15, -0.1) is 5.10 Å². The Morgan fingerprint density at radius 2 is 2.53 bits per heavy atom. The molecule has 0 spiro atoms. The number of hydrogen-bond donors (Lipinski definition) is 2. The van der Waals surface area contributed by atoms with Gasteiger partial charge in [0.25, 0.3) is 0 Å². The third kappa shape index (κ3) is 2.71. The number of carboxylic acids is 1. The molecule has 0 aliphatic carbocycles. The zero-order chi connectivity index (χ0) is 12.3. The maximum absolute atomic E-state index is 11.0. The van der Waals surface area contributed by atoms with Crippen LogP contribution in [0.2, 0.25) is 0 Å². The summed E-state index contributed by atoms with van der Waals surface area (Å²) in [5.74, 6) is -0.637. The van der Waals surface area contributed by atoms with Crippen LogP contribution in [0.4, 0.5) is 5.82 Å². The second-order valence-electron chi connectivity index (χ2n) is 4.26. The summed E-state index contributed by atoms with van der Waals surface area (Å²) in [5, 5.41) is 19.6. The van der Waals surface area contributed by atoms with Gasteiger partial charge in [-0.2, -0.15) is 5.10 Å². The maximum atomic E-state index is 11.0. The van der Waals surface area contributed by atoms with E-state index in [1.807, 2.05) is 0 Å². The zero-order valence-electron chi connectivity index (χ0n) is 9.76. The summed E-state index contributed by atoms with van der Waals surface area (Å²) in [6.45, 7) is 1.80. The number of carboxylic acid groups (broad SMARTS) is 1. The van der Waals surface area contributed by atoms with Crippen LogP contribution >= 0.6 is 0 Å². The van der Waals surface area contributed by atoms with Crippen LogP contribution in [0.15, 0.2) is 12.3 Å². The van der Waals surface area contributed by atoms with E-state index >= 15 is 0 Å². The number of aromatic carboxylic acids is 1. The fraction of sp³-hybridized carbons (Fsp3) is 0.545. The topological polar surface area (TPSA) is 78.3 Å². The largest absolute Gasteiger partial charge is 0.478 e. The first-order valence-electron chi connectivity index (χ1n) is 5.67. The predicted octanol–water partition coefficient (Wildman–Crippen LogP) is 0.681. The molecule has 0 aromatic carbocycles. The van der Waals surface area contributed by atoms with Crippen LogP contribution in [0.5, 0.6) is 0 Å². The van der Waals surface area contributed by atoms with E-state index in [4.69, 9.17) is 5.11 Å². The van der Waals surface area contributed by atoms with E-state index in [2.05, 4.69) is 27.5 Å². The van der Waals surface area contributed by atoms with Gasteiger partial charge in [-0.1, -0.05) is 0 Å². The number of nitrogens with zero attached hydrogens (tertiary/aromatic N) is 3. The summed E-state index contributed by atoms with van der Waals surface area (Å²) in [5.41, 5.74) is 0.167. The first kappa shape index (κ1) is 11.8. The Morgan fingerprint density at radius 3 is 3.18 bits per heavy atom. The van der Waals surface area contributed by atoms with Gasteiger partial charge in [0.15, 0.2) is 5.82 Å². The first-order chi connectivity index (χ1) is 8.18. The van der Waals surface area contributed by atoms with Crippen LogP contribution in [0.1, 0.15) is 23.2 Å². The van der Waals surface area contributed by atoms with E-state index in [0.717, 1.165) is 13.0 Å². The van der Waals surface area contributed by atoms with Crippen molar-refractivity contribution in [3.8, 4) is 0 Å². The summed E-state index contributed by atoms with van der Waals surface area (Å²) < 4.78 is 0. The SMILES string of the molecule is CN1CCCC1CNc1nnccc1C(=O)O. The molecule has 92 valence electrons. The lowest BCUT2D eigenvalue weighted by atomic mass is 10.2. The van der Waals surface area contributed by atoms with E-state index < -0.39 is 5.97 Å². The predicted molar refractivity (Wildman–Crippen MR) is 63.1 cm³/mol. The number of aromatic nitrogens is 2. The molecule has 0 amide bonds. The first-order valence-corrected chi connectivity index (χ1v) is 5.67. The number of likely N-dealkylation sites (N-methyl/N-ethyl adjacent to an activating group) is 1. The van der Waals surface area contributed by atoms with Gasteiger partial charge in [-0.25, -0.2) is 4.79 Å². The highest BCUT2D eigenvalue weighted by atomic mass is 16.4. The van der Waals surface area contributed by atoms with Crippen molar-refractivity contribution in [1.29, 1.82) is 0 Å². The van der Waals surface area contributed by atoms with Crippen LogP contribution in [-0.2, 0) is 0 Å². The molecule has 6 nitrogen and oxygen atoms in total. The molecule has 17 heavy (non-hydrogen) atoms. The third-order valence-corrected chi connectivity index (χ3v) is 3.13. The molecule has 1 aromatic heterocycles. The monoisotopic (exact) mass is 236 g/mol. The van der Waals surface area contributed by atoms with E-state index in [9.17, 15) is 4.79 Å². The van der Waals surface area contributed by atoms with Gasteiger partial charge < -0.3 is 15.3 Å². The van der Waals surface area contributed by atoms with Gasteiger partial charge in [0.1, 0.15) is 5.56 Å². The van der Waals surface area contributed by atoms with Crippen LogP contribution in [0.3, 0.4) is 0 Å². The highest BCUT2D eigenvalue weighted by molar-refractivity contribution is 5.92. The summed E-state index contributed by atoms with van der Waals surface area (Å²) >= 11 is 0. The Balaban J connectivity index is 2.01. The Bertz CT molecular complexity index is 410. The third-order valence-electron chi connectivity index (χ3n) is 3.13. The Hall–Kier alpha value is -1.69. The van der Waals surface area contributed by atoms with Crippen molar-refractivity contribution in [2.75, 3.05) is 25.5 Å². The molecule has 2 heterocycles. The van der Waals surface area contributed by atoms with Crippen LogP contribution in [-0.4, -0.2) is 52.4 Å². The average molecular weight is 236 g/mol. The summed E-state index contributed by atoms with van der Waals surface area (Å²) in [7, 11) is 2.08. The van der Waals surface area contributed by atoms with Gasteiger partial charge in [-0.05, 0) is 32.5 Å². The number of carbonyl (C=O) groups is 1. The van der Waals surface area contributed by atoms with Crippen LogP contribution in [0.25, 0.3) is 0 Å². The van der Waals surface area contributed by atoms with Crippen molar-refractivity contribution >= 4 is 11.8 Å². The zero-order valence-corrected chi connectivity index (χ0v) is 9.76. The molecule has 2 rings (SSSR count). The second-order valence-corrected chi connectivity index (χ2v) is 4.26. The number of likely N-dealkylation sites (tertiary alicyclic amines) is 1. The summed E-state index contributed by atoms with van der Waals surface area (Å²) in [4.78, 5) is 13.2. The minimum absolute atomic E-state index is 0.167. The van der Waals surface area contributed by atoms with Gasteiger partial charge >= 0.3 is 5.97 Å². The van der Waals surface area contributed by atoms with Gasteiger partial charge in [0, 0.05) is 12.6 Å². The molecule has 2 N–H and O–H groups in total. The lowest BCUT2D eigenvalue weighted by Crippen LogP contribution is -2.32. The molecular weight excluding hydrogens is 220 g/mol. The van der Waals surface area contributed by atoms with Gasteiger partial charge in [0.05, 0.1) is 6.20 Å². The molecule has 1 unspecified atom stereocenters. The number of anilines is 1. The molecule has 1 aliphatic rings. The summed E-state index contributed by atoms with van der Waals surface area (Å²) in [6.07, 6.45) is 3.71. The highest BCUT2D eigenvalue weighted by Gasteiger charge is 2.21. The molecule has 1 fully saturated rings. The minimum atomic E-state index is -0.984. The molecule has 6 heteroatoms. The highest BCUT2D eigenvalue weighted by Crippen LogP contribution is 2.16. The standard InChI is InChI=1S/C11H16N4O2/c1-15-6-2-3-8(15)7-12-10-9(11(16)17)4-5-13-14-10/h4-5,8H,2-3,6-7H2,1H3,(H,12,14)(H,16,17). The van der Waals surface area contributed by atoms with E-state index in [0.29, 0.717) is 18.4 Å². The molecule has 0 radical (unpaired) electrons. The van der Waals surface area contributed by atoms with Crippen molar-refractivity contribution in [3.63, 3.8) is 0 Å². The van der Waals surface area contributed by atoms with Crippen molar-refractivity contribution in [3.05, 3.63) is 17.8 Å². The normalized spacial score (nSPS) is 20.4. The van der Waals surface area contributed by atoms with Gasteiger partial charge in [-0.3, -0.25) is 0 Å². The fourth-order valence-corrected chi connectivity index (χ4v) is 2.09. The average Bonchev–Trinajstić information content (AvgIpc) is 2.72. The Labute approximate surface area is 99.7 Å². The fourth-order valence-electron chi connectivity index (χ4n) is 2.09. The Kier molecular flexibility index (Phi) is 3.53. The van der Waals surface area contributed by atoms with Crippen molar-refractivity contribution in [2.45, 2.75) is 18.9 Å². The molecule has 0 bridgehead atoms. The Morgan fingerprint density at radius 1 is 1.71 bits per heavy atom. The van der Waals surface area contributed by atoms with Crippen molar-refractivity contribution in [2.24, 2.45) is 0 Å². The molecule has 0 saturated carbocycles. The van der Waals surface area contributed by atoms with Crippen molar-refractivity contribution in [1.82, 2.24) is 15.1 Å². The molecule has 1 aromatic rings. The molecule has 1 saturated heterocycles. The van der Waals surface area contributed by atoms with Crippen LogP contribution in [0, 0.1) is 0 Å². The lowest BCUT2D eigenvalue weighted by Gasteiger charge is -2.20. The van der Waals surface area contributed by atoms with E-state index in [1.165, 1.54) is 18.7 Å². The minimum Gasteiger partial charge on any atom is -0.478 e. The van der Waals surface area contributed by atoms with Crippen molar-refractivity contribution < 1.29 is 9.90 Å². The van der Waals surface area contributed by atoms with E-state index in [1.54, 1.807) is 0 Å². The number of hydrogen-bond acceptors (Lipinski definition) is 5. The smallest absolute Gasteiger partial charge is 0.339 e. The summed E-state index contributed by atoms with van der Waals surface area (Å²) in [6, 6.07) is 1.90. The quantitative estimate of drug-likeness (QED) is 0.800. The maximum Gasteiger partial charge on any atom is 0.339 e. The number of rotatable bonds is 4. The molecule has 1 aliphatic heterocycles. The second kappa shape index (κ2) is 5.09.